The highest BCUT2D eigenvalue weighted by atomic mass is 16.4. The number of pyridine rings is 1. The van der Waals surface area contributed by atoms with E-state index < -0.39 is 0 Å². The van der Waals surface area contributed by atoms with Crippen LogP contribution in [0, 0.1) is 13.8 Å². The largest absolute Gasteiger partial charge is 0.424 e. The Labute approximate surface area is 207 Å². The van der Waals surface area contributed by atoms with Crippen LogP contribution in [-0.4, -0.2) is 38.2 Å². The first-order valence-corrected chi connectivity index (χ1v) is 13.1. The number of H-pyrrole nitrogens is 1. The Morgan fingerprint density at radius 2 is 1.71 bits per heavy atom. The van der Waals surface area contributed by atoms with Crippen LogP contribution in [0.3, 0.4) is 0 Å². The van der Waals surface area contributed by atoms with Crippen LogP contribution in [0.4, 0.5) is 0 Å². The van der Waals surface area contributed by atoms with E-state index >= 15 is 0 Å². The lowest BCUT2D eigenvalue weighted by atomic mass is 9.87. The van der Waals surface area contributed by atoms with Crippen LogP contribution in [0.25, 0.3) is 22.2 Å². The zero-order chi connectivity index (χ0) is 24.1. The molecular weight excluding hydrogens is 434 g/mol. The van der Waals surface area contributed by atoms with Gasteiger partial charge in [0.1, 0.15) is 0 Å². The van der Waals surface area contributed by atoms with Crippen LogP contribution in [-0.2, 0) is 6.54 Å². The zero-order valence-corrected chi connectivity index (χ0v) is 21.3. The summed E-state index contributed by atoms with van der Waals surface area (Å²) in [6, 6.07) is 11.4. The van der Waals surface area contributed by atoms with Crippen LogP contribution in [0.1, 0.15) is 91.6 Å². The SMILES string of the molecule is Cc1cc(-c2[nH]c3ccc(C4CCN(Cc5nnc(C6CC6)o5)CC4)cc3c2C(C)C)cc(C)n1. The van der Waals surface area contributed by atoms with Gasteiger partial charge in [0.25, 0.3) is 0 Å². The first kappa shape index (κ1) is 22.5. The fraction of sp³-hybridized carbons (Fsp3) is 0.483. The summed E-state index contributed by atoms with van der Waals surface area (Å²) in [7, 11) is 0. The zero-order valence-electron chi connectivity index (χ0n) is 21.3. The third kappa shape index (κ3) is 4.52. The van der Waals surface area contributed by atoms with Crippen LogP contribution in [0.15, 0.2) is 34.7 Å². The number of nitrogens with one attached hydrogen (secondary N) is 1. The second kappa shape index (κ2) is 8.90. The van der Waals surface area contributed by atoms with E-state index in [0.29, 0.717) is 17.8 Å². The van der Waals surface area contributed by atoms with Gasteiger partial charge < -0.3 is 9.40 Å². The van der Waals surface area contributed by atoms with Gasteiger partial charge in [0.15, 0.2) is 0 Å². The van der Waals surface area contributed by atoms with E-state index in [0.717, 1.165) is 55.6 Å². The molecule has 1 N–H and O–H groups in total. The van der Waals surface area contributed by atoms with Crippen molar-refractivity contribution < 1.29 is 4.42 Å². The Morgan fingerprint density at radius 3 is 2.40 bits per heavy atom. The summed E-state index contributed by atoms with van der Waals surface area (Å²) in [6.07, 6.45) is 4.71. The van der Waals surface area contributed by atoms with E-state index in [1.165, 1.54) is 46.1 Å². The highest BCUT2D eigenvalue weighted by Gasteiger charge is 2.30. The molecule has 0 radical (unpaired) electrons. The standard InChI is InChI=1S/C29H35N5O/c1-17(2)27-24-15-22(7-8-25(24)31-28(27)23-13-18(3)30-19(4)14-23)20-9-11-34(12-10-20)16-26-32-33-29(35-26)21-5-6-21/h7-8,13-15,17,20-21,31H,5-6,9-12,16H2,1-4H3. The number of nitrogens with zero attached hydrogens (tertiary/aromatic N) is 4. The molecular formula is C29H35N5O. The van der Waals surface area contributed by atoms with Gasteiger partial charge in [-0.15, -0.1) is 10.2 Å². The van der Waals surface area contributed by atoms with Crippen LogP contribution >= 0.6 is 0 Å². The molecule has 35 heavy (non-hydrogen) atoms. The Balaban J connectivity index is 1.22. The Kier molecular flexibility index (Phi) is 5.72. The van der Waals surface area contributed by atoms with E-state index in [1.54, 1.807) is 0 Å². The maximum absolute atomic E-state index is 5.89. The second-order valence-electron chi connectivity index (χ2n) is 10.9. The predicted molar refractivity (Wildman–Crippen MR) is 139 cm³/mol. The minimum Gasteiger partial charge on any atom is -0.424 e. The minimum absolute atomic E-state index is 0.430. The van der Waals surface area contributed by atoms with Crippen molar-refractivity contribution in [3.63, 3.8) is 0 Å². The van der Waals surface area contributed by atoms with E-state index in [4.69, 9.17) is 4.42 Å². The van der Waals surface area contributed by atoms with Crippen molar-refractivity contribution in [2.75, 3.05) is 13.1 Å². The molecule has 0 bridgehead atoms. The van der Waals surface area contributed by atoms with Crippen molar-refractivity contribution in [2.45, 2.75) is 77.7 Å². The quantitative estimate of drug-likeness (QED) is 0.344. The normalized spacial score (nSPS) is 17.6. The molecule has 0 spiro atoms. The molecule has 2 fully saturated rings. The second-order valence-corrected chi connectivity index (χ2v) is 10.9. The maximum Gasteiger partial charge on any atom is 0.230 e. The molecule has 4 heterocycles. The topological polar surface area (TPSA) is 70.8 Å². The molecule has 1 saturated carbocycles. The molecule has 6 rings (SSSR count). The fourth-order valence-electron chi connectivity index (χ4n) is 5.73. The highest BCUT2D eigenvalue weighted by Crippen LogP contribution is 2.40. The van der Waals surface area contributed by atoms with Crippen molar-refractivity contribution in [3.8, 4) is 11.3 Å². The number of rotatable bonds is 6. The first-order valence-electron chi connectivity index (χ1n) is 13.1. The summed E-state index contributed by atoms with van der Waals surface area (Å²) in [4.78, 5) is 10.8. The van der Waals surface area contributed by atoms with E-state index in [1.807, 2.05) is 0 Å². The average molecular weight is 470 g/mol. The van der Waals surface area contributed by atoms with Crippen molar-refractivity contribution >= 4 is 10.9 Å². The number of aryl methyl sites for hydroxylation is 2. The summed E-state index contributed by atoms with van der Waals surface area (Å²) in [6.45, 7) is 11.6. The Hall–Kier alpha value is -2.99. The number of aromatic nitrogens is 4. The van der Waals surface area contributed by atoms with Gasteiger partial charge in [-0.2, -0.15) is 0 Å². The van der Waals surface area contributed by atoms with Crippen LogP contribution in [0.5, 0.6) is 0 Å². The molecule has 1 aromatic carbocycles. The maximum atomic E-state index is 5.89. The van der Waals surface area contributed by atoms with Gasteiger partial charge in [0.2, 0.25) is 11.8 Å². The smallest absolute Gasteiger partial charge is 0.230 e. The third-order valence-corrected chi connectivity index (χ3v) is 7.64. The number of aromatic amines is 1. The first-order chi connectivity index (χ1) is 16.9. The van der Waals surface area contributed by atoms with E-state index in [9.17, 15) is 0 Å². The number of benzene rings is 1. The molecule has 0 unspecified atom stereocenters. The van der Waals surface area contributed by atoms with Crippen molar-refractivity contribution in [2.24, 2.45) is 0 Å². The van der Waals surface area contributed by atoms with Gasteiger partial charge in [0, 0.05) is 33.8 Å². The summed E-state index contributed by atoms with van der Waals surface area (Å²) in [5.41, 5.74) is 8.68. The molecule has 0 atom stereocenters. The summed E-state index contributed by atoms with van der Waals surface area (Å²) in [5, 5.41) is 9.88. The molecule has 6 nitrogen and oxygen atoms in total. The summed E-state index contributed by atoms with van der Waals surface area (Å²) >= 11 is 0. The molecule has 3 aromatic heterocycles. The van der Waals surface area contributed by atoms with Gasteiger partial charge in [-0.3, -0.25) is 9.88 Å². The molecule has 1 aliphatic heterocycles. The monoisotopic (exact) mass is 469 g/mol. The van der Waals surface area contributed by atoms with Gasteiger partial charge in [-0.05, 0) is 99.8 Å². The predicted octanol–water partition coefficient (Wildman–Crippen LogP) is 6.61. The molecule has 4 aromatic rings. The Bertz CT molecular complexity index is 1330. The third-order valence-electron chi connectivity index (χ3n) is 7.64. The van der Waals surface area contributed by atoms with Gasteiger partial charge in [-0.1, -0.05) is 19.9 Å². The minimum atomic E-state index is 0.430. The number of hydrogen-bond acceptors (Lipinski definition) is 5. The lowest BCUT2D eigenvalue weighted by molar-refractivity contribution is 0.186. The number of hydrogen-bond donors (Lipinski definition) is 1. The number of fused-ring (bicyclic) bond motifs is 1. The lowest BCUT2D eigenvalue weighted by Gasteiger charge is -2.31. The van der Waals surface area contributed by atoms with Gasteiger partial charge in [-0.25, -0.2) is 0 Å². The molecule has 2 aliphatic rings. The van der Waals surface area contributed by atoms with Crippen LogP contribution < -0.4 is 0 Å². The molecule has 0 amide bonds. The van der Waals surface area contributed by atoms with Gasteiger partial charge in [0.05, 0.1) is 12.2 Å². The summed E-state index contributed by atoms with van der Waals surface area (Å²) in [5.74, 6) is 3.15. The van der Waals surface area contributed by atoms with Crippen molar-refractivity contribution in [1.82, 2.24) is 25.1 Å². The average Bonchev–Trinajstić information content (AvgIpc) is 3.45. The fourth-order valence-corrected chi connectivity index (χ4v) is 5.73. The van der Waals surface area contributed by atoms with Crippen molar-refractivity contribution in [1.29, 1.82) is 0 Å². The number of likely N-dealkylation sites (tertiary alicyclic amines) is 1. The summed E-state index contributed by atoms with van der Waals surface area (Å²) < 4.78 is 5.89. The molecule has 182 valence electrons. The van der Waals surface area contributed by atoms with E-state index in [2.05, 4.69) is 83.1 Å². The molecule has 1 aliphatic carbocycles. The molecule has 1 saturated heterocycles. The van der Waals surface area contributed by atoms with Gasteiger partial charge >= 0.3 is 0 Å². The molecule has 6 heteroatoms. The van der Waals surface area contributed by atoms with Crippen molar-refractivity contribution in [3.05, 3.63) is 64.6 Å². The lowest BCUT2D eigenvalue weighted by Crippen LogP contribution is -2.32. The number of piperidine rings is 1. The highest BCUT2D eigenvalue weighted by molar-refractivity contribution is 5.92. The van der Waals surface area contributed by atoms with Crippen LogP contribution in [0.2, 0.25) is 0 Å². The Morgan fingerprint density at radius 1 is 0.971 bits per heavy atom. The van der Waals surface area contributed by atoms with E-state index in [-0.39, 0.29) is 0 Å².